The molecule has 0 bridgehead atoms. The molecule has 2 rings (SSSR count). The molecule has 8 heteroatoms. The topological polar surface area (TPSA) is 87.7 Å². The molecule has 0 aliphatic heterocycles. The van der Waals surface area contributed by atoms with Crippen molar-refractivity contribution in [2.45, 2.75) is 96.5 Å². The maximum Gasteiger partial charge on any atom is 0.408 e. The fourth-order valence-corrected chi connectivity index (χ4v) is 4.49. The van der Waals surface area contributed by atoms with Gasteiger partial charge >= 0.3 is 6.09 Å². The number of terminal acetylenes is 1. The standard InChI is InChI=1S/C28H41N3O4S/c1-8-10-19(3)29-25(32)24(21-13-11-20(9-2)12-14-21)31(22-15-16-22)26(33)23(17-18-36-7)30-27(34)35-28(4,5)6/h2,11-14,19,22-24H,8,10,15-18H2,1,3-7H3,(H,29,32)(H,30,34). The number of carbonyl (C=O) groups excluding carboxylic acids is 3. The molecule has 198 valence electrons. The summed E-state index contributed by atoms with van der Waals surface area (Å²) in [5.74, 6) is 2.76. The van der Waals surface area contributed by atoms with Crippen molar-refractivity contribution in [1.82, 2.24) is 15.5 Å². The van der Waals surface area contributed by atoms with Crippen LogP contribution in [0.2, 0.25) is 0 Å². The lowest BCUT2D eigenvalue weighted by atomic mass is 10.00. The Morgan fingerprint density at radius 2 is 1.81 bits per heavy atom. The molecule has 2 N–H and O–H groups in total. The van der Waals surface area contributed by atoms with Crippen molar-refractivity contribution in [3.8, 4) is 12.3 Å². The van der Waals surface area contributed by atoms with Gasteiger partial charge in [0.25, 0.3) is 0 Å². The smallest absolute Gasteiger partial charge is 0.408 e. The monoisotopic (exact) mass is 515 g/mol. The first-order valence-corrected chi connectivity index (χ1v) is 14.1. The van der Waals surface area contributed by atoms with E-state index in [1.165, 1.54) is 0 Å². The van der Waals surface area contributed by atoms with Crippen LogP contribution in [0.15, 0.2) is 24.3 Å². The van der Waals surface area contributed by atoms with E-state index in [0.717, 1.165) is 25.7 Å². The lowest BCUT2D eigenvalue weighted by molar-refractivity contribution is -0.143. The average Bonchev–Trinajstić information content (AvgIpc) is 3.63. The van der Waals surface area contributed by atoms with E-state index in [2.05, 4.69) is 23.5 Å². The number of benzene rings is 1. The lowest BCUT2D eigenvalue weighted by Crippen LogP contribution is -2.54. The van der Waals surface area contributed by atoms with Crippen LogP contribution in [-0.2, 0) is 14.3 Å². The minimum Gasteiger partial charge on any atom is -0.444 e. The third kappa shape index (κ3) is 9.09. The zero-order chi connectivity index (χ0) is 26.9. The molecule has 0 spiro atoms. The summed E-state index contributed by atoms with van der Waals surface area (Å²) < 4.78 is 5.43. The second kappa shape index (κ2) is 13.6. The highest BCUT2D eigenvalue weighted by Crippen LogP contribution is 2.36. The molecule has 1 aromatic carbocycles. The van der Waals surface area contributed by atoms with Gasteiger partial charge in [-0.2, -0.15) is 11.8 Å². The first-order chi connectivity index (χ1) is 17.0. The van der Waals surface area contributed by atoms with Gasteiger partial charge in [0.15, 0.2) is 0 Å². The Labute approximate surface area is 220 Å². The third-order valence-corrected chi connectivity index (χ3v) is 6.47. The minimum atomic E-state index is -0.826. The number of carbonyl (C=O) groups is 3. The summed E-state index contributed by atoms with van der Waals surface area (Å²) in [5.41, 5.74) is 0.701. The van der Waals surface area contributed by atoms with E-state index in [1.54, 1.807) is 49.6 Å². The number of hydrogen-bond acceptors (Lipinski definition) is 5. The summed E-state index contributed by atoms with van der Waals surface area (Å²) >= 11 is 1.59. The van der Waals surface area contributed by atoms with Crippen molar-refractivity contribution < 1.29 is 19.1 Å². The molecular weight excluding hydrogens is 474 g/mol. The van der Waals surface area contributed by atoms with E-state index in [-0.39, 0.29) is 23.9 Å². The van der Waals surface area contributed by atoms with Gasteiger partial charge in [0.1, 0.15) is 17.7 Å². The van der Waals surface area contributed by atoms with Crippen LogP contribution in [-0.4, -0.2) is 58.5 Å². The summed E-state index contributed by atoms with van der Waals surface area (Å²) in [4.78, 5) is 41.9. The van der Waals surface area contributed by atoms with Crippen LogP contribution in [0, 0.1) is 12.3 Å². The highest BCUT2D eigenvalue weighted by molar-refractivity contribution is 7.98. The van der Waals surface area contributed by atoms with Crippen molar-refractivity contribution in [3.63, 3.8) is 0 Å². The van der Waals surface area contributed by atoms with Crippen LogP contribution in [0.3, 0.4) is 0 Å². The summed E-state index contributed by atoms with van der Waals surface area (Å²) in [5, 5.41) is 5.86. The number of thioether (sulfide) groups is 1. The van der Waals surface area contributed by atoms with Crippen LogP contribution in [0.25, 0.3) is 0 Å². The predicted octanol–water partition coefficient (Wildman–Crippen LogP) is 4.65. The molecule has 0 radical (unpaired) electrons. The molecule has 36 heavy (non-hydrogen) atoms. The first-order valence-electron chi connectivity index (χ1n) is 12.7. The van der Waals surface area contributed by atoms with Gasteiger partial charge in [-0.3, -0.25) is 9.59 Å². The Balaban J connectivity index is 2.43. The molecular formula is C28H41N3O4S. The number of nitrogens with zero attached hydrogens (tertiary/aromatic N) is 1. The van der Waals surface area contributed by atoms with Gasteiger partial charge in [-0.05, 0) is 83.1 Å². The number of alkyl carbamates (subject to hydrolysis) is 1. The van der Waals surface area contributed by atoms with Crippen molar-refractivity contribution in [1.29, 1.82) is 0 Å². The van der Waals surface area contributed by atoms with Gasteiger partial charge in [0, 0.05) is 17.6 Å². The molecule has 1 aromatic rings. The molecule has 3 atom stereocenters. The first kappa shape index (κ1) is 29.6. The number of nitrogens with one attached hydrogen (secondary N) is 2. The highest BCUT2D eigenvalue weighted by atomic mass is 32.2. The normalized spacial score (nSPS) is 15.7. The van der Waals surface area contributed by atoms with Crippen molar-refractivity contribution in [2.75, 3.05) is 12.0 Å². The number of hydrogen-bond donors (Lipinski definition) is 2. The van der Waals surface area contributed by atoms with Gasteiger partial charge in [0.05, 0.1) is 0 Å². The van der Waals surface area contributed by atoms with Crippen LogP contribution in [0.5, 0.6) is 0 Å². The van der Waals surface area contributed by atoms with E-state index in [1.807, 2.05) is 25.3 Å². The third-order valence-electron chi connectivity index (χ3n) is 5.82. The molecule has 0 heterocycles. The molecule has 0 saturated heterocycles. The fraction of sp³-hybridized carbons (Fsp3) is 0.607. The van der Waals surface area contributed by atoms with Crippen molar-refractivity contribution in [2.24, 2.45) is 0 Å². The molecule has 1 aliphatic rings. The van der Waals surface area contributed by atoms with Gasteiger partial charge in [-0.1, -0.05) is 31.4 Å². The maximum absolute atomic E-state index is 14.0. The molecule has 3 unspecified atom stereocenters. The highest BCUT2D eigenvalue weighted by Gasteiger charge is 2.44. The van der Waals surface area contributed by atoms with E-state index < -0.39 is 23.8 Å². The molecule has 0 aromatic heterocycles. The number of amides is 3. The van der Waals surface area contributed by atoms with Crippen LogP contribution < -0.4 is 10.6 Å². The van der Waals surface area contributed by atoms with Crippen molar-refractivity contribution in [3.05, 3.63) is 35.4 Å². The summed E-state index contributed by atoms with van der Waals surface area (Å²) in [6, 6.07) is 5.46. The quantitative estimate of drug-likeness (QED) is 0.396. The van der Waals surface area contributed by atoms with Gasteiger partial charge in [-0.25, -0.2) is 4.79 Å². The zero-order valence-electron chi connectivity index (χ0n) is 22.4. The molecule has 1 fully saturated rings. The summed E-state index contributed by atoms with van der Waals surface area (Å²) in [6.45, 7) is 9.37. The molecule has 7 nitrogen and oxygen atoms in total. The molecule has 1 aliphatic carbocycles. The summed E-state index contributed by atoms with van der Waals surface area (Å²) in [7, 11) is 0. The van der Waals surface area contributed by atoms with E-state index >= 15 is 0 Å². The van der Waals surface area contributed by atoms with Crippen LogP contribution in [0.4, 0.5) is 4.79 Å². The van der Waals surface area contributed by atoms with Gasteiger partial charge < -0.3 is 20.3 Å². The SMILES string of the molecule is C#Cc1ccc(C(C(=O)NC(C)CCC)N(C(=O)C(CCSC)NC(=O)OC(C)(C)C)C2CC2)cc1. The Morgan fingerprint density at radius 3 is 2.31 bits per heavy atom. The number of rotatable bonds is 12. The summed E-state index contributed by atoms with van der Waals surface area (Å²) in [6.07, 6.45) is 10.7. The van der Waals surface area contributed by atoms with Crippen molar-refractivity contribution >= 4 is 29.7 Å². The van der Waals surface area contributed by atoms with Gasteiger partial charge in [0.2, 0.25) is 11.8 Å². The molecule has 3 amide bonds. The van der Waals surface area contributed by atoms with E-state index in [9.17, 15) is 14.4 Å². The lowest BCUT2D eigenvalue weighted by Gasteiger charge is -2.35. The fourth-order valence-electron chi connectivity index (χ4n) is 4.02. The second-order valence-electron chi connectivity index (χ2n) is 10.3. The van der Waals surface area contributed by atoms with Crippen LogP contribution >= 0.6 is 11.8 Å². The largest absolute Gasteiger partial charge is 0.444 e. The second-order valence-corrected chi connectivity index (χ2v) is 11.3. The number of ether oxygens (including phenoxy) is 1. The Bertz CT molecular complexity index is 932. The van der Waals surface area contributed by atoms with Crippen LogP contribution in [0.1, 0.15) is 83.9 Å². The average molecular weight is 516 g/mol. The predicted molar refractivity (Wildman–Crippen MR) is 146 cm³/mol. The Hall–Kier alpha value is -2.66. The zero-order valence-corrected chi connectivity index (χ0v) is 23.2. The molecule has 1 saturated carbocycles. The van der Waals surface area contributed by atoms with Gasteiger partial charge in [-0.15, -0.1) is 6.42 Å². The maximum atomic E-state index is 14.0. The van der Waals surface area contributed by atoms with E-state index in [0.29, 0.717) is 23.3 Å². The Morgan fingerprint density at radius 1 is 1.17 bits per heavy atom. The van der Waals surface area contributed by atoms with E-state index in [4.69, 9.17) is 11.2 Å². The minimum absolute atomic E-state index is 0.0293. The Kier molecular flexibility index (Phi) is 11.2.